The summed E-state index contributed by atoms with van der Waals surface area (Å²) in [6.45, 7) is 7.91. The van der Waals surface area contributed by atoms with E-state index in [1.807, 2.05) is 13.8 Å². The quantitative estimate of drug-likeness (QED) is 0.454. The van der Waals surface area contributed by atoms with Gasteiger partial charge in [-0.25, -0.2) is 22.2 Å². The molecule has 1 heterocycles. The van der Waals surface area contributed by atoms with Gasteiger partial charge < -0.3 is 4.90 Å². The van der Waals surface area contributed by atoms with Crippen LogP contribution in [0.5, 0.6) is 0 Å². The van der Waals surface area contributed by atoms with Gasteiger partial charge in [-0.1, -0.05) is 38.2 Å². The third-order valence-corrected chi connectivity index (χ3v) is 7.99. The summed E-state index contributed by atoms with van der Waals surface area (Å²) in [5.74, 6) is -2.05. The maximum Gasteiger partial charge on any atom is 0.260 e. The van der Waals surface area contributed by atoms with Gasteiger partial charge in [-0.05, 0) is 37.4 Å². The molecule has 0 radical (unpaired) electrons. The molecule has 0 aliphatic rings. The number of sulfone groups is 1. The molecule has 32 heavy (non-hydrogen) atoms. The molecular formula is C22H25F2N3O3S2. The average Bonchev–Trinajstić information content (AvgIpc) is 3.20. The number of carbonyl (C=O) groups excluding carboxylic acids is 1. The summed E-state index contributed by atoms with van der Waals surface area (Å²) in [6.07, 6.45) is 0. The van der Waals surface area contributed by atoms with Gasteiger partial charge >= 0.3 is 0 Å². The largest absolute Gasteiger partial charge is 0.302 e. The maximum absolute atomic E-state index is 14.2. The predicted octanol–water partition coefficient (Wildman–Crippen LogP) is 4.36. The first-order valence-corrected chi connectivity index (χ1v) is 12.8. The van der Waals surface area contributed by atoms with Crippen molar-refractivity contribution in [2.45, 2.75) is 25.7 Å². The molecule has 6 nitrogen and oxygen atoms in total. The van der Waals surface area contributed by atoms with Crippen LogP contribution >= 0.6 is 11.3 Å². The van der Waals surface area contributed by atoms with Crippen LogP contribution < -0.4 is 4.90 Å². The molecule has 3 rings (SSSR count). The lowest BCUT2D eigenvalue weighted by atomic mass is 10.2. The number of hydrogen-bond donors (Lipinski definition) is 0. The minimum Gasteiger partial charge on any atom is -0.302 e. The number of hydrogen-bond acceptors (Lipinski definition) is 6. The number of halogens is 2. The Morgan fingerprint density at radius 3 is 2.44 bits per heavy atom. The van der Waals surface area contributed by atoms with Crippen LogP contribution in [-0.4, -0.2) is 56.1 Å². The van der Waals surface area contributed by atoms with Crippen molar-refractivity contribution in [2.75, 3.05) is 36.8 Å². The Morgan fingerprint density at radius 2 is 1.78 bits per heavy atom. The molecule has 0 saturated heterocycles. The lowest BCUT2D eigenvalue weighted by molar-refractivity contribution is 0.0983. The smallest absolute Gasteiger partial charge is 0.260 e. The van der Waals surface area contributed by atoms with E-state index in [2.05, 4.69) is 9.88 Å². The number of carbonyl (C=O) groups is 1. The van der Waals surface area contributed by atoms with E-state index in [0.29, 0.717) is 11.2 Å². The molecule has 0 aliphatic heterocycles. The second-order valence-electron chi connectivity index (χ2n) is 7.15. The molecule has 0 saturated carbocycles. The van der Waals surface area contributed by atoms with Crippen LogP contribution in [-0.2, 0) is 9.84 Å². The molecular weight excluding hydrogens is 456 g/mol. The first kappa shape index (κ1) is 24.2. The van der Waals surface area contributed by atoms with Gasteiger partial charge in [0.25, 0.3) is 5.91 Å². The number of rotatable bonds is 9. The molecule has 1 aromatic heterocycles. The summed E-state index contributed by atoms with van der Waals surface area (Å²) < 4.78 is 52.7. The molecule has 0 fully saturated rings. The van der Waals surface area contributed by atoms with Crippen molar-refractivity contribution in [1.29, 1.82) is 0 Å². The van der Waals surface area contributed by atoms with E-state index in [0.717, 1.165) is 30.5 Å². The zero-order valence-corrected chi connectivity index (χ0v) is 19.8. The number of anilines is 1. The number of aromatic nitrogens is 1. The SMILES string of the molecule is CCN(CC)CCN(C(=O)c1cccc(S(=O)(=O)CC)c1)c1nc2c(F)cc(F)cc2s1. The van der Waals surface area contributed by atoms with Gasteiger partial charge in [-0.2, -0.15) is 0 Å². The number of amides is 1. The Kier molecular flexibility index (Phi) is 7.58. The van der Waals surface area contributed by atoms with E-state index in [1.54, 1.807) is 0 Å². The van der Waals surface area contributed by atoms with Crippen LogP contribution in [0.25, 0.3) is 10.2 Å². The number of nitrogens with zero attached hydrogens (tertiary/aromatic N) is 3. The highest BCUT2D eigenvalue weighted by Gasteiger charge is 2.24. The zero-order chi connectivity index (χ0) is 23.5. The number of fused-ring (bicyclic) bond motifs is 1. The summed E-state index contributed by atoms with van der Waals surface area (Å²) >= 11 is 1.02. The first-order valence-electron chi connectivity index (χ1n) is 10.3. The Balaban J connectivity index is 2.04. The average molecular weight is 482 g/mol. The fourth-order valence-corrected chi connectivity index (χ4v) is 5.23. The van der Waals surface area contributed by atoms with Crippen molar-refractivity contribution >= 4 is 42.4 Å². The topological polar surface area (TPSA) is 70.6 Å². The standard InChI is InChI=1S/C22H25F2N3O3S2/c1-4-26(5-2)10-11-27(22-25-20-18(24)13-16(23)14-19(20)31-22)21(28)15-8-7-9-17(12-15)32(29,30)6-3/h7-9,12-14H,4-6,10-11H2,1-3H3. The minimum atomic E-state index is -3.49. The van der Waals surface area contributed by atoms with Crippen LogP contribution in [0.2, 0.25) is 0 Å². The normalized spacial score (nSPS) is 11.9. The fourth-order valence-electron chi connectivity index (χ4n) is 3.27. The fraction of sp³-hybridized carbons (Fsp3) is 0.364. The molecule has 0 atom stereocenters. The van der Waals surface area contributed by atoms with Crippen molar-refractivity contribution in [2.24, 2.45) is 0 Å². The molecule has 3 aromatic rings. The van der Waals surface area contributed by atoms with Crippen molar-refractivity contribution in [3.05, 3.63) is 53.6 Å². The maximum atomic E-state index is 14.2. The molecule has 0 N–H and O–H groups in total. The minimum absolute atomic E-state index is 0.00523. The van der Waals surface area contributed by atoms with Gasteiger partial charge in [0.15, 0.2) is 20.8 Å². The Labute approximate surface area is 190 Å². The van der Waals surface area contributed by atoms with Crippen LogP contribution in [0.3, 0.4) is 0 Å². The van der Waals surface area contributed by atoms with Crippen LogP contribution in [0.4, 0.5) is 13.9 Å². The van der Waals surface area contributed by atoms with Crippen molar-refractivity contribution in [1.82, 2.24) is 9.88 Å². The van der Waals surface area contributed by atoms with Crippen molar-refractivity contribution in [3.63, 3.8) is 0 Å². The summed E-state index contributed by atoms with van der Waals surface area (Å²) in [6, 6.07) is 7.79. The van der Waals surface area contributed by atoms with Crippen LogP contribution in [0.1, 0.15) is 31.1 Å². The molecule has 0 bridgehead atoms. The van der Waals surface area contributed by atoms with Crippen LogP contribution in [0, 0.1) is 11.6 Å². The number of thiazole rings is 1. The van der Waals surface area contributed by atoms with Gasteiger partial charge in [-0.3, -0.25) is 9.69 Å². The molecule has 0 unspecified atom stereocenters. The Hall–Kier alpha value is -2.43. The van der Waals surface area contributed by atoms with Gasteiger partial charge in [0.2, 0.25) is 0 Å². The van der Waals surface area contributed by atoms with Crippen molar-refractivity contribution < 1.29 is 22.0 Å². The highest BCUT2D eigenvalue weighted by Crippen LogP contribution is 2.32. The molecule has 1 amide bonds. The lowest BCUT2D eigenvalue weighted by Gasteiger charge is -2.25. The van der Waals surface area contributed by atoms with E-state index in [9.17, 15) is 22.0 Å². The Morgan fingerprint density at radius 1 is 1.06 bits per heavy atom. The van der Waals surface area contributed by atoms with Crippen LogP contribution in [0.15, 0.2) is 41.3 Å². The Bertz CT molecular complexity index is 1220. The molecule has 10 heteroatoms. The van der Waals surface area contributed by atoms with Gasteiger partial charge in [-0.15, -0.1) is 0 Å². The van der Waals surface area contributed by atoms with Gasteiger partial charge in [0, 0.05) is 24.7 Å². The third kappa shape index (κ3) is 5.13. The van der Waals surface area contributed by atoms with E-state index >= 15 is 0 Å². The van der Waals surface area contributed by atoms with Crippen molar-refractivity contribution in [3.8, 4) is 0 Å². The lowest BCUT2D eigenvalue weighted by Crippen LogP contribution is -2.39. The highest BCUT2D eigenvalue weighted by molar-refractivity contribution is 7.91. The summed E-state index contributed by atoms with van der Waals surface area (Å²) in [5.41, 5.74) is 0.180. The van der Waals surface area contributed by atoms with Gasteiger partial charge in [0.1, 0.15) is 11.3 Å². The summed E-state index contributed by atoms with van der Waals surface area (Å²) in [5, 5.41) is 0.227. The molecule has 172 valence electrons. The van der Waals surface area contributed by atoms with E-state index in [1.165, 1.54) is 42.2 Å². The number of likely N-dealkylation sites (N-methyl/N-ethyl adjacent to an activating group) is 1. The summed E-state index contributed by atoms with van der Waals surface area (Å²) in [4.78, 5) is 21.3. The van der Waals surface area contributed by atoms with Gasteiger partial charge in [0.05, 0.1) is 15.3 Å². The van der Waals surface area contributed by atoms with E-state index in [-0.39, 0.29) is 33.4 Å². The number of benzene rings is 2. The zero-order valence-electron chi connectivity index (χ0n) is 18.1. The monoisotopic (exact) mass is 481 g/mol. The molecule has 0 aliphatic carbocycles. The summed E-state index contributed by atoms with van der Waals surface area (Å²) in [7, 11) is -3.49. The predicted molar refractivity (Wildman–Crippen MR) is 123 cm³/mol. The first-order chi connectivity index (χ1) is 15.2. The van der Waals surface area contributed by atoms with E-state index in [4.69, 9.17) is 0 Å². The molecule has 0 spiro atoms. The highest BCUT2D eigenvalue weighted by atomic mass is 32.2. The van der Waals surface area contributed by atoms with E-state index < -0.39 is 27.4 Å². The third-order valence-electron chi connectivity index (χ3n) is 5.23. The molecule has 2 aromatic carbocycles. The second-order valence-corrected chi connectivity index (χ2v) is 10.4. The second kappa shape index (κ2) is 10.0.